The Kier molecular flexibility index (Phi) is 3.63. The summed E-state index contributed by atoms with van der Waals surface area (Å²) in [7, 11) is 0. The van der Waals surface area contributed by atoms with E-state index in [9.17, 15) is 4.79 Å². The molecule has 0 aliphatic rings. The smallest absolute Gasteiger partial charge is 0.348 e. The number of anilines is 3. The predicted molar refractivity (Wildman–Crippen MR) is 99.7 cm³/mol. The summed E-state index contributed by atoms with van der Waals surface area (Å²) in [5.74, 6) is 0.573. The van der Waals surface area contributed by atoms with E-state index >= 15 is 0 Å². The highest BCUT2D eigenvalue weighted by molar-refractivity contribution is 5.88. The minimum atomic E-state index is -0.438. The van der Waals surface area contributed by atoms with Crippen LogP contribution in [0.4, 0.5) is 17.2 Å². The van der Waals surface area contributed by atoms with E-state index in [4.69, 9.17) is 5.73 Å². The van der Waals surface area contributed by atoms with Gasteiger partial charge in [-0.1, -0.05) is 24.3 Å². The van der Waals surface area contributed by atoms with Crippen molar-refractivity contribution in [3.63, 3.8) is 0 Å². The van der Waals surface area contributed by atoms with Crippen molar-refractivity contribution in [2.75, 3.05) is 11.1 Å². The number of rotatable bonds is 3. The Balaban J connectivity index is 1.66. The van der Waals surface area contributed by atoms with E-state index in [2.05, 4.69) is 20.3 Å². The molecule has 6 heteroatoms. The molecule has 122 valence electrons. The van der Waals surface area contributed by atoms with Crippen LogP contribution in [0.1, 0.15) is 0 Å². The Hall–Kier alpha value is -3.67. The van der Waals surface area contributed by atoms with Gasteiger partial charge in [0.2, 0.25) is 0 Å². The van der Waals surface area contributed by atoms with Crippen LogP contribution in [-0.2, 0) is 0 Å². The Bertz CT molecular complexity index is 1090. The minimum absolute atomic E-state index is 0.409. The van der Waals surface area contributed by atoms with Crippen molar-refractivity contribution in [2.45, 2.75) is 0 Å². The van der Waals surface area contributed by atoms with Crippen molar-refractivity contribution in [1.82, 2.24) is 15.0 Å². The van der Waals surface area contributed by atoms with E-state index in [0.29, 0.717) is 11.5 Å². The first kappa shape index (κ1) is 14.9. The summed E-state index contributed by atoms with van der Waals surface area (Å²) < 4.78 is 0. The fourth-order valence-electron chi connectivity index (χ4n) is 2.64. The molecule has 4 aromatic rings. The van der Waals surface area contributed by atoms with Crippen molar-refractivity contribution in [2.24, 2.45) is 0 Å². The highest BCUT2D eigenvalue weighted by Gasteiger charge is 2.06. The van der Waals surface area contributed by atoms with Gasteiger partial charge in [0.05, 0.1) is 5.39 Å². The number of pyridine rings is 1. The van der Waals surface area contributed by atoms with Crippen LogP contribution in [0.3, 0.4) is 0 Å². The van der Waals surface area contributed by atoms with Crippen molar-refractivity contribution >= 4 is 28.2 Å². The van der Waals surface area contributed by atoms with Crippen LogP contribution in [0, 0.1) is 0 Å². The van der Waals surface area contributed by atoms with Crippen LogP contribution in [-0.4, -0.2) is 15.0 Å². The van der Waals surface area contributed by atoms with Gasteiger partial charge in [0.15, 0.2) is 5.65 Å². The van der Waals surface area contributed by atoms with Crippen molar-refractivity contribution in [3.05, 3.63) is 77.3 Å². The molecule has 2 heterocycles. The van der Waals surface area contributed by atoms with Gasteiger partial charge in [0.25, 0.3) is 0 Å². The molecule has 0 unspecified atom stereocenters. The quantitative estimate of drug-likeness (QED) is 0.501. The van der Waals surface area contributed by atoms with Gasteiger partial charge in [-0.25, -0.2) is 9.78 Å². The molecule has 0 bridgehead atoms. The maximum Gasteiger partial charge on any atom is 0.348 e. The molecular formula is C19H15N5O. The predicted octanol–water partition coefficient (Wildman–Crippen LogP) is 3.31. The number of aromatic nitrogens is 3. The fraction of sp³-hybridized carbons (Fsp3) is 0. The monoisotopic (exact) mass is 329 g/mol. The number of nitrogens with two attached hydrogens (primary N) is 1. The van der Waals surface area contributed by atoms with Gasteiger partial charge in [-0.05, 0) is 47.5 Å². The van der Waals surface area contributed by atoms with Gasteiger partial charge in [0, 0.05) is 17.6 Å². The van der Waals surface area contributed by atoms with E-state index in [1.54, 1.807) is 12.3 Å². The number of nitrogens with one attached hydrogen (secondary N) is 2. The van der Waals surface area contributed by atoms with Crippen molar-refractivity contribution in [3.8, 4) is 11.1 Å². The highest BCUT2D eigenvalue weighted by Crippen LogP contribution is 2.25. The van der Waals surface area contributed by atoms with E-state index < -0.39 is 5.69 Å². The lowest BCUT2D eigenvalue weighted by Gasteiger charge is -2.09. The van der Waals surface area contributed by atoms with Crippen LogP contribution < -0.4 is 16.7 Å². The summed E-state index contributed by atoms with van der Waals surface area (Å²) >= 11 is 0. The lowest BCUT2D eigenvalue weighted by molar-refractivity contribution is 1.10. The molecule has 0 saturated heterocycles. The Morgan fingerprint density at radius 3 is 2.32 bits per heavy atom. The molecule has 0 spiro atoms. The SMILES string of the molecule is Nc1ccc(-c2ccc(Nc3[nH]c(=O)nc4ncccc34)cc2)cc1. The first-order valence-electron chi connectivity index (χ1n) is 7.77. The lowest BCUT2D eigenvalue weighted by atomic mass is 10.1. The third-order valence-corrected chi connectivity index (χ3v) is 3.89. The van der Waals surface area contributed by atoms with Gasteiger partial charge in [-0.3, -0.25) is 4.98 Å². The normalized spacial score (nSPS) is 10.7. The zero-order chi connectivity index (χ0) is 17.2. The molecule has 0 amide bonds. The number of benzene rings is 2. The molecule has 2 aromatic carbocycles. The van der Waals surface area contributed by atoms with Crippen LogP contribution in [0.25, 0.3) is 22.2 Å². The lowest BCUT2D eigenvalue weighted by Crippen LogP contribution is -2.13. The molecule has 0 atom stereocenters. The van der Waals surface area contributed by atoms with Gasteiger partial charge >= 0.3 is 5.69 Å². The summed E-state index contributed by atoms with van der Waals surface area (Å²) in [6.07, 6.45) is 1.61. The molecule has 25 heavy (non-hydrogen) atoms. The number of hydrogen-bond acceptors (Lipinski definition) is 5. The number of fused-ring (bicyclic) bond motifs is 1. The number of H-pyrrole nitrogens is 1. The van der Waals surface area contributed by atoms with E-state index in [1.165, 1.54) is 0 Å². The average molecular weight is 329 g/mol. The highest BCUT2D eigenvalue weighted by atomic mass is 16.1. The third-order valence-electron chi connectivity index (χ3n) is 3.89. The molecule has 6 nitrogen and oxygen atoms in total. The molecule has 2 aromatic heterocycles. The van der Waals surface area contributed by atoms with Gasteiger partial charge in [-0.15, -0.1) is 0 Å². The topological polar surface area (TPSA) is 96.7 Å². The number of aromatic amines is 1. The zero-order valence-electron chi connectivity index (χ0n) is 13.2. The van der Waals surface area contributed by atoms with Gasteiger partial charge in [0.1, 0.15) is 5.82 Å². The fourth-order valence-corrected chi connectivity index (χ4v) is 2.64. The van der Waals surface area contributed by atoms with Crippen LogP contribution in [0.2, 0.25) is 0 Å². The maximum absolute atomic E-state index is 11.7. The molecule has 0 aliphatic carbocycles. The summed E-state index contributed by atoms with van der Waals surface area (Å²) in [6, 6.07) is 19.3. The molecule has 0 fully saturated rings. The Morgan fingerprint density at radius 1 is 0.920 bits per heavy atom. The van der Waals surface area contributed by atoms with Crippen LogP contribution in [0.5, 0.6) is 0 Å². The van der Waals surface area contributed by atoms with Crippen molar-refractivity contribution in [1.29, 1.82) is 0 Å². The molecule has 0 radical (unpaired) electrons. The van der Waals surface area contributed by atoms with Crippen LogP contribution >= 0.6 is 0 Å². The number of nitrogens with zero attached hydrogens (tertiary/aromatic N) is 2. The van der Waals surface area contributed by atoms with Crippen molar-refractivity contribution < 1.29 is 0 Å². The summed E-state index contributed by atoms with van der Waals surface area (Å²) in [5.41, 5.74) is 9.46. The van der Waals surface area contributed by atoms with Gasteiger partial charge in [-0.2, -0.15) is 4.98 Å². The summed E-state index contributed by atoms with van der Waals surface area (Å²) in [6.45, 7) is 0. The molecule has 0 aliphatic heterocycles. The first-order valence-corrected chi connectivity index (χ1v) is 7.77. The second-order valence-corrected chi connectivity index (χ2v) is 5.62. The average Bonchev–Trinajstić information content (AvgIpc) is 2.63. The molecule has 4 rings (SSSR count). The van der Waals surface area contributed by atoms with E-state index in [-0.39, 0.29) is 0 Å². The van der Waals surface area contributed by atoms with Crippen LogP contribution in [0.15, 0.2) is 71.7 Å². The largest absolute Gasteiger partial charge is 0.399 e. The standard InChI is InChI=1S/C19H15N5O/c20-14-7-3-12(4-8-14)13-5-9-15(10-6-13)22-18-16-2-1-11-21-17(16)23-19(25)24-18/h1-11H,20H2,(H2,21,22,23,24,25). The number of nitrogen functional groups attached to an aromatic ring is 1. The second kappa shape index (κ2) is 6.09. The Morgan fingerprint density at radius 2 is 1.60 bits per heavy atom. The third kappa shape index (κ3) is 3.05. The molecule has 0 saturated carbocycles. The van der Waals surface area contributed by atoms with E-state index in [1.807, 2.05) is 54.6 Å². The number of hydrogen-bond donors (Lipinski definition) is 3. The first-order chi connectivity index (χ1) is 12.2. The van der Waals surface area contributed by atoms with E-state index in [0.717, 1.165) is 27.9 Å². The Labute approximate surface area is 143 Å². The summed E-state index contributed by atoms with van der Waals surface area (Å²) in [5, 5.41) is 3.97. The second-order valence-electron chi connectivity index (χ2n) is 5.62. The zero-order valence-corrected chi connectivity index (χ0v) is 13.2. The van der Waals surface area contributed by atoms with Gasteiger partial charge < -0.3 is 11.1 Å². The molecular weight excluding hydrogens is 314 g/mol. The summed E-state index contributed by atoms with van der Waals surface area (Å²) in [4.78, 5) is 22.4. The molecule has 4 N–H and O–H groups in total. The maximum atomic E-state index is 11.7. The minimum Gasteiger partial charge on any atom is -0.399 e.